The number of carbonyl (C=O) groups is 1. The molecule has 1 aliphatic rings. The van der Waals surface area contributed by atoms with Gasteiger partial charge in [-0.15, -0.1) is 23.7 Å². The molecular formula is C14H23Cl2N3OS. The maximum atomic E-state index is 12.2. The summed E-state index contributed by atoms with van der Waals surface area (Å²) in [5.41, 5.74) is 5.96. The highest BCUT2D eigenvalue weighted by Gasteiger charge is 2.33. The van der Waals surface area contributed by atoms with E-state index in [0.29, 0.717) is 19.6 Å². The molecule has 0 aromatic carbocycles. The SMILES string of the molecule is CN(Cc1ccc(Cl)s1)C(=O)CN1CCC(C)(CN)C1.Cl. The van der Waals surface area contributed by atoms with Crippen LogP contribution in [0.15, 0.2) is 12.1 Å². The lowest BCUT2D eigenvalue weighted by Gasteiger charge is -2.24. The van der Waals surface area contributed by atoms with Crippen LogP contribution in [0.5, 0.6) is 0 Å². The first-order valence-corrected chi connectivity index (χ1v) is 8.02. The molecule has 1 amide bonds. The molecule has 1 aromatic rings. The number of likely N-dealkylation sites (N-methyl/N-ethyl adjacent to an activating group) is 1. The molecule has 2 N–H and O–H groups in total. The van der Waals surface area contributed by atoms with Gasteiger partial charge in [-0.2, -0.15) is 0 Å². The molecule has 1 unspecified atom stereocenters. The summed E-state index contributed by atoms with van der Waals surface area (Å²) in [6, 6.07) is 3.84. The van der Waals surface area contributed by atoms with E-state index in [4.69, 9.17) is 17.3 Å². The molecule has 2 heterocycles. The molecule has 0 spiro atoms. The van der Waals surface area contributed by atoms with Gasteiger partial charge in [-0.05, 0) is 37.1 Å². The Morgan fingerprint density at radius 3 is 2.81 bits per heavy atom. The van der Waals surface area contributed by atoms with Gasteiger partial charge >= 0.3 is 0 Å². The first-order valence-electron chi connectivity index (χ1n) is 6.82. The van der Waals surface area contributed by atoms with Gasteiger partial charge in [-0.1, -0.05) is 18.5 Å². The van der Waals surface area contributed by atoms with Crippen LogP contribution in [0.1, 0.15) is 18.2 Å². The van der Waals surface area contributed by atoms with Gasteiger partial charge in [0.1, 0.15) is 0 Å². The Labute approximate surface area is 141 Å². The minimum Gasteiger partial charge on any atom is -0.340 e. The zero-order valence-corrected chi connectivity index (χ0v) is 14.9. The molecular weight excluding hydrogens is 329 g/mol. The highest BCUT2D eigenvalue weighted by molar-refractivity contribution is 7.16. The lowest BCUT2D eigenvalue weighted by Crippen LogP contribution is -2.38. The highest BCUT2D eigenvalue weighted by atomic mass is 35.5. The normalized spacial score (nSPS) is 22.1. The zero-order valence-electron chi connectivity index (χ0n) is 12.5. The van der Waals surface area contributed by atoms with Crippen molar-refractivity contribution in [3.63, 3.8) is 0 Å². The van der Waals surface area contributed by atoms with Crippen LogP contribution in [-0.2, 0) is 11.3 Å². The molecule has 1 saturated heterocycles. The molecule has 0 aliphatic carbocycles. The summed E-state index contributed by atoms with van der Waals surface area (Å²) in [5, 5.41) is 0. The number of hydrogen-bond donors (Lipinski definition) is 1. The van der Waals surface area contributed by atoms with Gasteiger partial charge in [-0.3, -0.25) is 9.69 Å². The van der Waals surface area contributed by atoms with Crippen molar-refractivity contribution < 1.29 is 4.79 Å². The van der Waals surface area contributed by atoms with E-state index in [0.717, 1.165) is 28.7 Å². The Bertz CT molecular complexity index is 483. The van der Waals surface area contributed by atoms with Gasteiger partial charge in [0.05, 0.1) is 17.4 Å². The van der Waals surface area contributed by atoms with Gasteiger partial charge in [0.2, 0.25) is 5.91 Å². The lowest BCUT2D eigenvalue weighted by molar-refractivity contribution is -0.131. The predicted molar refractivity (Wildman–Crippen MR) is 91.3 cm³/mol. The molecule has 2 rings (SSSR count). The second-order valence-electron chi connectivity index (χ2n) is 5.93. The fourth-order valence-corrected chi connectivity index (χ4v) is 3.64. The van der Waals surface area contributed by atoms with Gasteiger partial charge in [0.25, 0.3) is 0 Å². The molecule has 4 nitrogen and oxygen atoms in total. The van der Waals surface area contributed by atoms with Crippen molar-refractivity contribution in [2.75, 3.05) is 33.2 Å². The van der Waals surface area contributed by atoms with E-state index in [1.807, 2.05) is 19.2 Å². The minimum atomic E-state index is 0. The molecule has 0 bridgehead atoms. The number of thiophene rings is 1. The van der Waals surface area contributed by atoms with Gasteiger partial charge < -0.3 is 10.6 Å². The third kappa shape index (κ3) is 5.11. The number of halogens is 2. The predicted octanol–water partition coefficient (Wildman–Crippen LogP) is 2.45. The summed E-state index contributed by atoms with van der Waals surface area (Å²) in [7, 11) is 1.84. The van der Waals surface area contributed by atoms with Crippen LogP contribution in [0.3, 0.4) is 0 Å². The van der Waals surface area contributed by atoms with Crippen LogP contribution >= 0.6 is 35.3 Å². The molecule has 1 atom stereocenters. The number of rotatable bonds is 5. The molecule has 1 aliphatic heterocycles. The van der Waals surface area contributed by atoms with E-state index in [1.54, 1.807) is 4.90 Å². The van der Waals surface area contributed by atoms with Gasteiger partial charge in [0.15, 0.2) is 0 Å². The second kappa shape index (κ2) is 7.79. The first-order chi connectivity index (χ1) is 9.42. The Morgan fingerprint density at radius 2 is 2.29 bits per heavy atom. The van der Waals surface area contributed by atoms with E-state index in [9.17, 15) is 4.79 Å². The highest BCUT2D eigenvalue weighted by Crippen LogP contribution is 2.28. The van der Waals surface area contributed by atoms with Crippen molar-refractivity contribution in [2.45, 2.75) is 19.9 Å². The van der Waals surface area contributed by atoms with Crippen LogP contribution < -0.4 is 5.73 Å². The molecule has 0 saturated carbocycles. The van der Waals surface area contributed by atoms with Gasteiger partial charge in [0, 0.05) is 18.5 Å². The molecule has 1 fully saturated rings. The second-order valence-corrected chi connectivity index (χ2v) is 7.73. The van der Waals surface area contributed by atoms with Crippen LogP contribution in [0, 0.1) is 5.41 Å². The van der Waals surface area contributed by atoms with E-state index in [-0.39, 0.29) is 23.7 Å². The van der Waals surface area contributed by atoms with Crippen molar-refractivity contribution in [1.82, 2.24) is 9.80 Å². The largest absolute Gasteiger partial charge is 0.340 e. The number of carbonyl (C=O) groups excluding carboxylic acids is 1. The van der Waals surface area contributed by atoms with E-state index >= 15 is 0 Å². The van der Waals surface area contributed by atoms with Crippen LogP contribution in [0.25, 0.3) is 0 Å². The molecule has 21 heavy (non-hydrogen) atoms. The summed E-state index contributed by atoms with van der Waals surface area (Å²) < 4.78 is 0.763. The van der Waals surface area contributed by atoms with Gasteiger partial charge in [-0.25, -0.2) is 0 Å². The maximum absolute atomic E-state index is 12.2. The number of hydrogen-bond acceptors (Lipinski definition) is 4. The number of nitrogens with zero attached hydrogens (tertiary/aromatic N) is 2. The summed E-state index contributed by atoms with van der Waals surface area (Å²) in [5.74, 6) is 0.149. The Balaban J connectivity index is 0.00000220. The van der Waals surface area contributed by atoms with Crippen molar-refractivity contribution in [2.24, 2.45) is 11.1 Å². The fourth-order valence-electron chi connectivity index (χ4n) is 2.50. The van der Waals surface area contributed by atoms with Crippen molar-refractivity contribution >= 4 is 41.3 Å². The summed E-state index contributed by atoms with van der Waals surface area (Å²) in [6.07, 6.45) is 1.07. The molecule has 0 radical (unpaired) electrons. The van der Waals surface area contributed by atoms with E-state index < -0.39 is 0 Å². The van der Waals surface area contributed by atoms with Crippen LogP contribution in [0.2, 0.25) is 4.34 Å². The average molecular weight is 352 g/mol. The van der Waals surface area contributed by atoms with Crippen molar-refractivity contribution in [1.29, 1.82) is 0 Å². The molecule has 1 aromatic heterocycles. The molecule has 7 heteroatoms. The van der Waals surface area contributed by atoms with E-state index in [1.165, 1.54) is 11.3 Å². The Kier molecular flexibility index (Phi) is 6.94. The summed E-state index contributed by atoms with van der Waals surface area (Å²) >= 11 is 7.42. The minimum absolute atomic E-state index is 0. The quantitative estimate of drug-likeness (QED) is 0.886. The Hall–Kier alpha value is -0.330. The smallest absolute Gasteiger partial charge is 0.236 e. The maximum Gasteiger partial charge on any atom is 0.236 e. The summed E-state index contributed by atoms with van der Waals surface area (Å²) in [6.45, 7) is 5.84. The van der Waals surface area contributed by atoms with Crippen LogP contribution in [-0.4, -0.2) is 48.9 Å². The lowest BCUT2D eigenvalue weighted by atomic mass is 9.90. The molecule has 120 valence electrons. The topological polar surface area (TPSA) is 49.6 Å². The average Bonchev–Trinajstić information content (AvgIpc) is 2.97. The number of likely N-dealkylation sites (tertiary alicyclic amines) is 1. The zero-order chi connectivity index (χ0) is 14.8. The summed E-state index contributed by atoms with van der Waals surface area (Å²) in [4.78, 5) is 17.3. The fraction of sp³-hybridized carbons (Fsp3) is 0.643. The van der Waals surface area contributed by atoms with E-state index in [2.05, 4.69) is 11.8 Å². The van der Waals surface area contributed by atoms with Crippen LogP contribution in [0.4, 0.5) is 0 Å². The monoisotopic (exact) mass is 351 g/mol. The number of nitrogens with two attached hydrogens (primary N) is 1. The third-order valence-corrected chi connectivity index (χ3v) is 5.15. The first kappa shape index (κ1) is 18.7. The van der Waals surface area contributed by atoms with Crippen molar-refractivity contribution in [3.8, 4) is 0 Å². The Morgan fingerprint density at radius 1 is 1.57 bits per heavy atom. The van der Waals surface area contributed by atoms with Crippen molar-refractivity contribution in [3.05, 3.63) is 21.3 Å². The third-order valence-electron chi connectivity index (χ3n) is 3.94. The number of amides is 1. The standard InChI is InChI=1S/C14H22ClN3OS.ClH/c1-14(9-16)5-6-18(10-14)8-13(19)17(2)7-11-3-4-12(15)20-11;/h3-4H,5-10,16H2,1-2H3;1H.